The molecule has 0 aliphatic carbocycles. The van der Waals surface area contributed by atoms with E-state index in [1.165, 1.54) is 6.42 Å². The summed E-state index contributed by atoms with van der Waals surface area (Å²) in [6.07, 6.45) is 2.50. The van der Waals surface area contributed by atoms with Gasteiger partial charge in [0.25, 0.3) is 0 Å². The van der Waals surface area contributed by atoms with Gasteiger partial charge in [-0.1, -0.05) is 12.1 Å². The van der Waals surface area contributed by atoms with Crippen LogP contribution in [0.5, 0.6) is 11.5 Å². The molecule has 1 aromatic carbocycles. The van der Waals surface area contributed by atoms with Crippen molar-refractivity contribution in [1.82, 2.24) is 10.2 Å². The zero-order chi connectivity index (χ0) is 15.4. The van der Waals surface area contributed by atoms with Crippen LogP contribution in [0.3, 0.4) is 0 Å². The van der Waals surface area contributed by atoms with E-state index in [1.807, 2.05) is 12.1 Å². The molecule has 0 spiro atoms. The summed E-state index contributed by atoms with van der Waals surface area (Å²) in [7, 11) is 3.84. The van der Waals surface area contributed by atoms with Crippen molar-refractivity contribution in [3.05, 3.63) is 23.8 Å². The second kappa shape index (κ2) is 7.31. The van der Waals surface area contributed by atoms with Crippen LogP contribution in [0.15, 0.2) is 18.2 Å². The largest absolute Gasteiger partial charge is 0.493 e. The molecule has 0 aromatic heterocycles. The molecule has 22 heavy (non-hydrogen) atoms. The molecule has 2 atom stereocenters. The van der Waals surface area contributed by atoms with Crippen LogP contribution < -0.4 is 14.8 Å². The fourth-order valence-electron chi connectivity index (χ4n) is 3.22. The predicted molar refractivity (Wildman–Crippen MR) is 85.7 cm³/mol. The number of para-hydroxylation sites is 1. The molecule has 2 fully saturated rings. The number of likely N-dealkylation sites (N-methyl/N-ethyl adjacent to an activating group) is 1. The van der Waals surface area contributed by atoms with Crippen LogP contribution in [0.25, 0.3) is 0 Å². The van der Waals surface area contributed by atoms with Crippen LogP contribution >= 0.6 is 0 Å². The molecule has 5 nitrogen and oxygen atoms in total. The van der Waals surface area contributed by atoms with Gasteiger partial charge in [0.1, 0.15) is 6.10 Å². The SMILES string of the molecule is COc1cccc(C2CNCCO2)c1OC1CCCN(C)C1. The zero-order valence-electron chi connectivity index (χ0n) is 13.5. The van der Waals surface area contributed by atoms with E-state index in [-0.39, 0.29) is 12.2 Å². The number of methoxy groups -OCH3 is 1. The fraction of sp³-hybridized carbons (Fsp3) is 0.647. The second-order valence-electron chi connectivity index (χ2n) is 6.09. The van der Waals surface area contributed by atoms with Gasteiger partial charge in [0.2, 0.25) is 0 Å². The maximum Gasteiger partial charge on any atom is 0.167 e. The van der Waals surface area contributed by atoms with E-state index in [0.717, 1.165) is 56.3 Å². The summed E-state index contributed by atoms with van der Waals surface area (Å²) in [5.41, 5.74) is 1.08. The van der Waals surface area contributed by atoms with E-state index >= 15 is 0 Å². The monoisotopic (exact) mass is 306 g/mol. The third-order valence-corrected chi connectivity index (χ3v) is 4.37. The van der Waals surface area contributed by atoms with Gasteiger partial charge in [-0.15, -0.1) is 0 Å². The summed E-state index contributed by atoms with van der Waals surface area (Å²) in [6, 6.07) is 6.05. The number of likely N-dealkylation sites (tertiary alicyclic amines) is 1. The summed E-state index contributed by atoms with van der Waals surface area (Å²) in [5, 5.41) is 3.38. The second-order valence-corrected chi connectivity index (χ2v) is 6.09. The lowest BCUT2D eigenvalue weighted by molar-refractivity contribution is 0.0231. The number of ether oxygens (including phenoxy) is 3. The van der Waals surface area contributed by atoms with Crippen LogP contribution in [-0.2, 0) is 4.74 Å². The Morgan fingerprint density at radius 3 is 3.00 bits per heavy atom. The number of nitrogens with one attached hydrogen (secondary N) is 1. The summed E-state index contributed by atoms with van der Waals surface area (Å²) < 4.78 is 17.8. The Labute approximate surface area is 132 Å². The summed E-state index contributed by atoms with van der Waals surface area (Å²) in [6.45, 7) is 4.56. The first kappa shape index (κ1) is 15.6. The number of hydrogen-bond acceptors (Lipinski definition) is 5. The molecule has 2 aliphatic heterocycles. The normalized spacial score (nSPS) is 26.6. The van der Waals surface area contributed by atoms with Gasteiger partial charge in [-0.25, -0.2) is 0 Å². The first-order chi connectivity index (χ1) is 10.8. The highest BCUT2D eigenvalue weighted by Gasteiger charge is 2.26. The molecule has 3 rings (SSSR count). The third kappa shape index (κ3) is 3.54. The number of hydrogen-bond donors (Lipinski definition) is 1. The Morgan fingerprint density at radius 1 is 1.36 bits per heavy atom. The zero-order valence-corrected chi connectivity index (χ0v) is 13.5. The van der Waals surface area contributed by atoms with Gasteiger partial charge in [0, 0.05) is 25.2 Å². The van der Waals surface area contributed by atoms with Crippen molar-refractivity contribution in [1.29, 1.82) is 0 Å². The maximum atomic E-state index is 6.36. The quantitative estimate of drug-likeness (QED) is 0.919. The van der Waals surface area contributed by atoms with Crippen LogP contribution in [0.1, 0.15) is 24.5 Å². The Bertz CT molecular complexity index is 489. The predicted octanol–water partition coefficient (Wildman–Crippen LogP) is 1.83. The number of piperidine rings is 1. The molecule has 0 radical (unpaired) electrons. The average Bonchev–Trinajstić information content (AvgIpc) is 2.56. The van der Waals surface area contributed by atoms with Gasteiger partial charge in [-0.3, -0.25) is 0 Å². The topological polar surface area (TPSA) is 43.0 Å². The first-order valence-electron chi connectivity index (χ1n) is 8.12. The van der Waals surface area contributed by atoms with Crippen molar-refractivity contribution in [3.63, 3.8) is 0 Å². The van der Waals surface area contributed by atoms with Crippen LogP contribution in [0.2, 0.25) is 0 Å². The number of nitrogens with zero attached hydrogens (tertiary/aromatic N) is 1. The molecule has 0 amide bonds. The molecule has 0 bridgehead atoms. The van der Waals surface area contributed by atoms with Gasteiger partial charge in [-0.2, -0.15) is 0 Å². The maximum absolute atomic E-state index is 6.36. The van der Waals surface area contributed by atoms with Crippen LogP contribution in [-0.4, -0.2) is 57.9 Å². The van der Waals surface area contributed by atoms with Crippen molar-refractivity contribution in [3.8, 4) is 11.5 Å². The van der Waals surface area contributed by atoms with Gasteiger partial charge in [0.15, 0.2) is 11.5 Å². The van der Waals surface area contributed by atoms with Gasteiger partial charge >= 0.3 is 0 Å². The molecule has 2 heterocycles. The average molecular weight is 306 g/mol. The van der Waals surface area contributed by atoms with Crippen molar-refractivity contribution in [2.75, 3.05) is 46.9 Å². The number of morpholine rings is 1. The van der Waals surface area contributed by atoms with E-state index in [1.54, 1.807) is 7.11 Å². The molecule has 2 unspecified atom stereocenters. The summed E-state index contributed by atoms with van der Waals surface area (Å²) in [5.74, 6) is 1.64. The number of rotatable bonds is 4. The Morgan fingerprint density at radius 2 is 2.27 bits per heavy atom. The van der Waals surface area contributed by atoms with E-state index in [9.17, 15) is 0 Å². The molecule has 0 saturated carbocycles. The van der Waals surface area contributed by atoms with Gasteiger partial charge in [0.05, 0.1) is 19.8 Å². The lowest BCUT2D eigenvalue weighted by Crippen LogP contribution is -2.39. The van der Waals surface area contributed by atoms with E-state index < -0.39 is 0 Å². The van der Waals surface area contributed by atoms with Crippen LogP contribution in [0, 0.1) is 0 Å². The van der Waals surface area contributed by atoms with E-state index in [2.05, 4.69) is 23.3 Å². The Hall–Kier alpha value is -1.30. The fourth-order valence-corrected chi connectivity index (χ4v) is 3.22. The minimum Gasteiger partial charge on any atom is -0.493 e. The van der Waals surface area contributed by atoms with Crippen LogP contribution in [0.4, 0.5) is 0 Å². The molecular formula is C17H26N2O3. The van der Waals surface area contributed by atoms with E-state index in [4.69, 9.17) is 14.2 Å². The molecule has 1 aromatic rings. The number of benzene rings is 1. The van der Waals surface area contributed by atoms with Crippen molar-refractivity contribution in [2.45, 2.75) is 25.0 Å². The first-order valence-corrected chi connectivity index (χ1v) is 8.12. The van der Waals surface area contributed by atoms with Crippen molar-refractivity contribution >= 4 is 0 Å². The van der Waals surface area contributed by atoms with E-state index in [0.29, 0.717) is 0 Å². The third-order valence-electron chi connectivity index (χ3n) is 4.37. The minimum atomic E-state index is 0.0279. The highest BCUT2D eigenvalue weighted by atomic mass is 16.5. The molecular weight excluding hydrogens is 280 g/mol. The summed E-state index contributed by atoms with van der Waals surface area (Å²) >= 11 is 0. The van der Waals surface area contributed by atoms with Crippen molar-refractivity contribution in [2.24, 2.45) is 0 Å². The molecule has 5 heteroatoms. The highest BCUT2D eigenvalue weighted by molar-refractivity contribution is 5.48. The molecule has 1 N–H and O–H groups in total. The standard InChI is InChI=1S/C17H26N2O3/c1-19-9-4-5-13(12-19)22-17-14(6-3-7-15(17)20-2)16-11-18-8-10-21-16/h3,6-7,13,16,18H,4-5,8-12H2,1-2H3. The lowest BCUT2D eigenvalue weighted by atomic mass is 10.1. The highest BCUT2D eigenvalue weighted by Crippen LogP contribution is 2.38. The van der Waals surface area contributed by atoms with Gasteiger partial charge in [-0.05, 0) is 32.5 Å². The summed E-state index contributed by atoms with van der Waals surface area (Å²) in [4.78, 5) is 2.32. The van der Waals surface area contributed by atoms with Gasteiger partial charge < -0.3 is 24.4 Å². The minimum absolute atomic E-state index is 0.0279. The van der Waals surface area contributed by atoms with Crippen molar-refractivity contribution < 1.29 is 14.2 Å². The Kier molecular flexibility index (Phi) is 5.18. The Balaban J connectivity index is 1.83. The smallest absolute Gasteiger partial charge is 0.167 e. The molecule has 2 saturated heterocycles. The lowest BCUT2D eigenvalue weighted by Gasteiger charge is -2.32. The molecule has 122 valence electrons. The molecule has 2 aliphatic rings.